The lowest BCUT2D eigenvalue weighted by Crippen LogP contribution is -2.40. The van der Waals surface area contributed by atoms with Gasteiger partial charge in [-0.1, -0.05) is 29.5 Å². The number of halogens is 2. The first-order chi connectivity index (χ1) is 19.9. The van der Waals surface area contributed by atoms with E-state index in [1.54, 1.807) is 23.1 Å². The third kappa shape index (κ3) is 5.59. The van der Waals surface area contributed by atoms with Gasteiger partial charge in [-0.05, 0) is 55.3 Å². The van der Waals surface area contributed by atoms with Crippen LogP contribution < -0.4 is 10.2 Å². The number of hydrogen-bond donors (Lipinski definition) is 2. The highest BCUT2D eigenvalue weighted by molar-refractivity contribution is 7.21. The third-order valence-corrected chi connectivity index (χ3v) is 7.95. The molecular formula is C30H26F2N6O2S. The Bertz CT molecular complexity index is 1720. The molecule has 0 bridgehead atoms. The number of para-hydroxylation sites is 1. The number of hydrogen-bond acceptors (Lipinski definition) is 8. The molecule has 1 amide bonds. The van der Waals surface area contributed by atoms with Crippen molar-refractivity contribution in [1.82, 2.24) is 19.9 Å². The Hall–Kier alpha value is -4.48. The summed E-state index contributed by atoms with van der Waals surface area (Å²) in [7, 11) is 1.84. The molecule has 1 saturated heterocycles. The summed E-state index contributed by atoms with van der Waals surface area (Å²) in [6.07, 6.45) is 2.36. The average molecular weight is 573 g/mol. The van der Waals surface area contributed by atoms with E-state index in [1.165, 1.54) is 29.7 Å². The zero-order valence-corrected chi connectivity index (χ0v) is 22.9. The van der Waals surface area contributed by atoms with Crippen LogP contribution in [0.4, 0.5) is 31.2 Å². The summed E-state index contributed by atoms with van der Waals surface area (Å²) in [4.78, 5) is 30.8. The second kappa shape index (κ2) is 11.2. The fourth-order valence-corrected chi connectivity index (χ4v) is 5.67. The van der Waals surface area contributed by atoms with E-state index in [9.17, 15) is 18.7 Å². The largest absolute Gasteiger partial charge is 0.393 e. The third-order valence-electron chi connectivity index (χ3n) is 7.07. The molecule has 2 aromatic carbocycles. The first kappa shape index (κ1) is 26.7. The number of aliphatic hydroxyl groups is 1. The van der Waals surface area contributed by atoms with Crippen molar-refractivity contribution in [2.45, 2.75) is 18.9 Å². The van der Waals surface area contributed by atoms with E-state index < -0.39 is 11.6 Å². The number of benzene rings is 2. The SMILES string of the molecule is CN(c1ccc2nc(Nc3ccc(C(=O)N4CCC(O)CC4)cn3)sc2n1)c1ccccc1-c1ccc(F)cc1F. The Morgan fingerprint density at radius 1 is 1.02 bits per heavy atom. The highest BCUT2D eigenvalue weighted by atomic mass is 32.1. The monoisotopic (exact) mass is 572 g/mol. The summed E-state index contributed by atoms with van der Waals surface area (Å²) < 4.78 is 28.1. The lowest BCUT2D eigenvalue weighted by Gasteiger charge is -2.29. The molecule has 0 saturated carbocycles. The Kier molecular flexibility index (Phi) is 7.29. The zero-order chi connectivity index (χ0) is 28.5. The zero-order valence-electron chi connectivity index (χ0n) is 22.1. The lowest BCUT2D eigenvalue weighted by molar-refractivity contribution is 0.0546. The minimum atomic E-state index is -0.634. The predicted molar refractivity (Wildman–Crippen MR) is 156 cm³/mol. The average Bonchev–Trinajstić information content (AvgIpc) is 3.39. The van der Waals surface area contributed by atoms with Crippen molar-refractivity contribution in [2.75, 3.05) is 30.4 Å². The number of anilines is 4. The number of piperidine rings is 1. The molecule has 4 heterocycles. The number of likely N-dealkylation sites (tertiary alicyclic amines) is 1. The molecule has 5 aromatic rings. The van der Waals surface area contributed by atoms with Gasteiger partial charge in [0, 0.05) is 43.5 Å². The van der Waals surface area contributed by atoms with Gasteiger partial charge in [0.2, 0.25) is 0 Å². The van der Waals surface area contributed by atoms with Crippen LogP contribution in [0.5, 0.6) is 0 Å². The minimum absolute atomic E-state index is 0.0967. The summed E-state index contributed by atoms with van der Waals surface area (Å²) in [5.41, 5.74) is 2.83. The summed E-state index contributed by atoms with van der Waals surface area (Å²) in [5.74, 6) is -0.182. The first-order valence-electron chi connectivity index (χ1n) is 13.1. The molecule has 11 heteroatoms. The molecule has 0 unspecified atom stereocenters. The minimum Gasteiger partial charge on any atom is -0.393 e. The second-order valence-corrected chi connectivity index (χ2v) is 10.8. The van der Waals surface area contributed by atoms with Crippen molar-refractivity contribution < 1.29 is 18.7 Å². The van der Waals surface area contributed by atoms with E-state index in [-0.39, 0.29) is 12.0 Å². The van der Waals surface area contributed by atoms with Crippen molar-refractivity contribution >= 4 is 50.0 Å². The summed E-state index contributed by atoms with van der Waals surface area (Å²) >= 11 is 1.36. The quantitative estimate of drug-likeness (QED) is 0.252. The second-order valence-electron chi connectivity index (χ2n) is 9.79. The molecule has 1 aliphatic heterocycles. The number of fused-ring (bicyclic) bond motifs is 1. The number of carbonyl (C=O) groups is 1. The molecule has 0 aliphatic carbocycles. The Morgan fingerprint density at radius 2 is 1.83 bits per heavy atom. The van der Waals surface area contributed by atoms with Crippen molar-refractivity contribution in [1.29, 1.82) is 0 Å². The van der Waals surface area contributed by atoms with Gasteiger partial charge >= 0.3 is 0 Å². The molecule has 0 atom stereocenters. The highest BCUT2D eigenvalue weighted by Crippen LogP contribution is 2.36. The van der Waals surface area contributed by atoms with Gasteiger partial charge in [-0.15, -0.1) is 0 Å². The van der Waals surface area contributed by atoms with Crippen LogP contribution >= 0.6 is 11.3 Å². The molecule has 3 aromatic heterocycles. The molecule has 6 rings (SSSR count). The molecule has 0 spiro atoms. The van der Waals surface area contributed by atoms with Crippen molar-refractivity contribution in [2.24, 2.45) is 0 Å². The Balaban J connectivity index is 1.20. The van der Waals surface area contributed by atoms with Gasteiger partial charge in [0.1, 0.15) is 33.6 Å². The van der Waals surface area contributed by atoms with Crippen LogP contribution in [0.3, 0.4) is 0 Å². The lowest BCUT2D eigenvalue weighted by atomic mass is 10.0. The highest BCUT2D eigenvalue weighted by Gasteiger charge is 2.22. The van der Waals surface area contributed by atoms with Crippen LogP contribution in [0.15, 0.2) is 72.9 Å². The van der Waals surface area contributed by atoms with Gasteiger partial charge in [-0.2, -0.15) is 0 Å². The number of amides is 1. The van der Waals surface area contributed by atoms with E-state index in [4.69, 9.17) is 4.98 Å². The molecule has 41 heavy (non-hydrogen) atoms. The number of carbonyl (C=O) groups excluding carboxylic acids is 1. The van der Waals surface area contributed by atoms with Gasteiger partial charge in [0.25, 0.3) is 5.91 Å². The van der Waals surface area contributed by atoms with E-state index >= 15 is 0 Å². The normalized spacial score (nSPS) is 13.9. The fourth-order valence-electron chi connectivity index (χ4n) is 4.83. The summed E-state index contributed by atoms with van der Waals surface area (Å²) in [6, 6.07) is 18.0. The van der Waals surface area contributed by atoms with E-state index in [0.717, 1.165) is 6.07 Å². The summed E-state index contributed by atoms with van der Waals surface area (Å²) in [6.45, 7) is 1.06. The number of aromatic nitrogens is 3. The molecule has 1 fully saturated rings. The van der Waals surface area contributed by atoms with E-state index in [2.05, 4.69) is 15.3 Å². The van der Waals surface area contributed by atoms with E-state index in [0.29, 0.717) is 75.4 Å². The van der Waals surface area contributed by atoms with Crippen molar-refractivity contribution in [3.8, 4) is 11.1 Å². The van der Waals surface area contributed by atoms with Gasteiger partial charge in [-0.3, -0.25) is 4.79 Å². The van der Waals surface area contributed by atoms with Crippen LogP contribution in [-0.4, -0.2) is 57.1 Å². The number of nitrogens with one attached hydrogen (secondary N) is 1. The number of thiazole rings is 1. The molecule has 1 aliphatic rings. The molecule has 8 nitrogen and oxygen atoms in total. The smallest absolute Gasteiger partial charge is 0.255 e. The number of rotatable bonds is 6. The molecule has 0 radical (unpaired) electrons. The fraction of sp³-hybridized carbons (Fsp3) is 0.200. The molecule has 2 N–H and O–H groups in total. The number of nitrogens with zero attached hydrogens (tertiary/aromatic N) is 5. The maximum absolute atomic E-state index is 14.6. The van der Waals surface area contributed by atoms with Crippen LogP contribution in [0, 0.1) is 11.6 Å². The van der Waals surface area contributed by atoms with E-state index in [1.807, 2.05) is 42.3 Å². The van der Waals surface area contributed by atoms with Crippen LogP contribution in [0.1, 0.15) is 23.2 Å². The Labute approximate surface area is 238 Å². The first-order valence-corrected chi connectivity index (χ1v) is 13.9. The van der Waals surface area contributed by atoms with Gasteiger partial charge in [-0.25, -0.2) is 23.7 Å². The maximum Gasteiger partial charge on any atom is 0.255 e. The van der Waals surface area contributed by atoms with Crippen molar-refractivity contribution in [3.05, 3.63) is 90.1 Å². The summed E-state index contributed by atoms with van der Waals surface area (Å²) in [5, 5.41) is 13.5. The standard InChI is InChI=1S/C30H26F2N6O2S/c1-37(25-5-3-2-4-22(25)21-8-7-19(31)16-23(21)32)27-11-9-24-28(36-27)41-30(34-24)35-26-10-6-18(17-33-26)29(40)38-14-12-20(39)13-15-38/h2-11,16-17,20,39H,12-15H2,1H3,(H,33,34,35). The van der Waals surface area contributed by atoms with Gasteiger partial charge < -0.3 is 20.2 Å². The maximum atomic E-state index is 14.6. The van der Waals surface area contributed by atoms with Crippen LogP contribution in [0.25, 0.3) is 21.5 Å². The van der Waals surface area contributed by atoms with Crippen LogP contribution in [-0.2, 0) is 0 Å². The predicted octanol–water partition coefficient (Wildman–Crippen LogP) is 6.14. The topological polar surface area (TPSA) is 94.5 Å². The van der Waals surface area contributed by atoms with Crippen LogP contribution in [0.2, 0.25) is 0 Å². The molecule has 208 valence electrons. The van der Waals surface area contributed by atoms with Crippen molar-refractivity contribution in [3.63, 3.8) is 0 Å². The van der Waals surface area contributed by atoms with Gasteiger partial charge in [0.15, 0.2) is 5.13 Å². The Morgan fingerprint density at radius 3 is 2.59 bits per heavy atom. The van der Waals surface area contributed by atoms with Gasteiger partial charge in [0.05, 0.1) is 17.4 Å². The molecular weight excluding hydrogens is 546 g/mol. The number of pyridine rings is 2. The number of aliphatic hydroxyl groups excluding tert-OH is 1.